The zero-order valence-electron chi connectivity index (χ0n) is 11.7. The van der Waals surface area contributed by atoms with E-state index in [1.165, 1.54) is 6.07 Å². The summed E-state index contributed by atoms with van der Waals surface area (Å²) in [6, 6.07) is 2.15. The zero-order valence-corrected chi connectivity index (χ0v) is 11.7. The smallest absolute Gasteiger partial charge is 0.393 e. The zero-order chi connectivity index (χ0) is 18.1. The highest BCUT2D eigenvalue weighted by molar-refractivity contribution is 5.58. The molecule has 0 bridgehead atoms. The Bertz CT molecular complexity index is 698. The number of rotatable bonds is 3. The number of hydrogen-bond acceptors (Lipinski definition) is 4. The van der Waals surface area contributed by atoms with Crippen molar-refractivity contribution in [2.45, 2.75) is 18.5 Å². The molecule has 0 saturated carbocycles. The van der Waals surface area contributed by atoms with Gasteiger partial charge in [-0.3, -0.25) is 0 Å². The number of benzene rings is 1. The number of aliphatic hydroxyl groups is 2. The normalized spacial score (nSPS) is 13.8. The molecule has 1 heterocycles. The highest BCUT2D eigenvalue weighted by Gasteiger charge is 2.37. The van der Waals surface area contributed by atoms with Crippen LogP contribution in [0, 0.1) is 0 Å². The minimum atomic E-state index is -4.99. The predicted octanol–water partition coefficient (Wildman–Crippen LogP) is 3.21. The van der Waals surface area contributed by atoms with Gasteiger partial charge in [-0.1, -0.05) is 0 Å². The minimum absolute atomic E-state index is 0.00405. The molecule has 2 rings (SSSR count). The lowest BCUT2D eigenvalue weighted by atomic mass is 10.0. The molecule has 0 fully saturated rings. The summed E-state index contributed by atoms with van der Waals surface area (Å²) < 4.78 is 77.0. The highest BCUT2D eigenvalue weighted by atomic mass is 19.4. The van der Waals surface area contributed by atoms with Gasteiger partial charge in [-0.25, -0.2) is 9.97 Å². The Morgan fingerprint density at radius 1 is 0.958 bits per heavy atom. The summed E-state index contributed by atoms with van der Waals surface area (Å²) in [5.74, 6) is -0.434. The Morgan fingerprint density at radius 3 is 1.96 bits per heavy atom. The van der Waals surface area contributed by atoms with Crippen molar-refractivity contribution < 1.29 is 36.6 Å². The number of alkyl halides is 6. The van der Waals surface area contributed by atoms with E-state index in [2.05, 4.69) is 9.97 Å². The van der Waals surface area contributed by atoms with E-state index < -0.39 is 47.6 Å². The molecule has 1 atom stereocenters. The van der Waals surface area contributed by atoms with E-state index in [4.69, 9.17) is 5.11 Å². The molecule has 0 amide bonds. The Balaban J connectivity index is 2.62. The molecule has 10 heteroatoms. The van der Waals surface area contributed by atoms with Crippen LogP contribution in [-0.4, -0.2) is 26.8 Å². The van der Waals surface area contributed by atoms with Crippen LogP contribution in [0.4, 0.5) is 26.3 Å². The fraction of sp³-hybridized carbons (Fsp3) is 0.286. The van der Waals surface area contributed by atoms with E-state index in [0.717, 1.165) is 6.20 Å². The van der Waals surface area contributed by atoms with E-state index in [0.29, 0.717) is 12.1 Å². The molecule has 0 aliphatic rings. The molecular formula is C14H10F6N2O2. The van der Waals surface area contributed by atoms with Gasteiger partial charge in [-0.2, -0.15) is 26.3 Å². The summed E-state index contributed by atoms with van der Waals surface area (Å²) in [5, 5.41) is 18.3. The van der Waals surface area contributed by atoms with Crippen LogP contribution in [0.1, 0.15) is 22.9 Å². The van der Waals surface area contributed by atoms with Crippen molar-refractivity contribution in [3.8, 4) is 11.4 Å². The third-order valence-corrected chi connectivity index (χ3v) is 3.04. The van der Waals surface area contributed by atoms with Gasteiger partial charge in [0.05, 0.1) is 23.4 Å². The maximum absolute atomic E-state index is 12.8. The van der Waals surface area contributed by atoms with Crippen molar-refractivity contribution in [1.29, 1.82) is 0 Å². The SMILES string of the molecule is OCC(O)c1ccnc(-c2cc(C(F)(F)F)cc(C(F)(F)F)c2)n1. The first-order valence-corrected chi connectivity index (χ1v) is 6.44. The van der Waals surface area contributed by atoms with E-state index in [9.17, 15) is 31.4 Å². The van der Waals surface area contributed by atoms with Crippen molar-refractivity contribution in [1.82, 2.24) is 9.97 Å². The minimum Gasteiger partial charge on any atom is -0.393 e. The van der Waals surface area contributed by atoms with Gasteiger partial charge in [-0.05, 0) is 24.3 Å². The topological polar surface area (TPSA) is 66.2 Å². The van der Waals surface area contributed by atoms with Crippen LogP contribution in [0.25, 0.3) is 11.4 Å². The third-order valence-electron chi connectivity index (χ3n) is 3.04. The molecule has 0 spiro atoms. The van der Waals surface area contributed by atoms with Crippen molar-refractivity contribution in [3.63, 3.8) is 0 Å². The van der Waals surface area contributed by atoms with Crippen molar-refractivity contribution in [2.75, 3.05) is 6.61 Å². The number of aromatic nitrogens is 2. The van der Waals surface area contributed by atoms with E-state index in [-0.39, 0.29) is 11.8 Å². The van der Waals surface area contributed by atoms with E-state index >= 15 is 0 Å². The van der Waals surface area contributed by atoms with Crippen LogP contribution in [0.15, 0.2) is 30.5 Å². The summed E-state index contributed by atoms with van der Waals surface area (Å²) in [5.41, 5.74) is -3.63. The van der Waals surface area contributed by atoms with Gasteiger partial charge >= 0.3 is 12.4 Å². The van der Waals surface area contributed by atoms with Crippen LogP contribution in [0.3, 0.4) is 0 Å². The molecule has 4 nitrogen and oxygen atoms in total. The average Bonchev–Trinajstić information content (AvgIpc) is 2.52. The lowest BCUT2D eigenvalue weighted by Gasteiger charge is -2.14. The number of halogens is 6. The van der Waals surface area contributed by atoms with Crippen LogP contribution in [0.5, 0.6) is 0 Å². The van der Waals surface area contributed by atoms with Gasteiger partial charge in [0.25, 0.3) is 0 Å². The fourth-order valence-corrected chi connectivity index (χ4v) is 1.87. The molecule has 0 aliphatic carbocycles. The average molecular weight is 352 g/mol. The molecule has 0 saturated heterocycles. The summed E-state index contributed by atoms with van der Waals surface area (Å²) in [4.78, 5) is 7.34. The molecule has 24 heavy (non-hydrogen) atoms. The predicted molar refractivity (Wildman–Crippen MR) is 69.5 cm³/mol. The van der Waals surface area contributed by atoms with E-state index in [1.807, 2.05) is 0 Å². The van der Waals surface area contributed by atoms with Gasteiger partial charge in [0, 0.05) is 11.8 Å². The summed E-state index contributed by atoms with van der Waals surface area (Å²) in [6.45, 7) is -0.715. The lowest BCUT2D eigenvalue weighted by molar-refractivity contribution is -0.143. The molecule has 0 aliphatic heterocycles. The first kappa shape index (κ1) is 18.1. The molecule has 1 aromatic carbocycles. The van der Waals surface area contributed by atoms with Crippen molar-refractivity contribution >= 4 is 0 Å². The monoisotopic (exact) mass is 352 g/mol. The van der Waals surface area contributed by atoms with Crippen LogP contribution in [-0.2, 0) is 12.4 Å². The highest BCUT2D eigenvalue weighted by Crippen LogP contribution is 2.38. The quantitative estimate of drug-likeness (QED) is 0.833. The molecule has 2 aromatic rings. The molecule has 130 valence electrons. The maximum atomic E-state index is 12.8. The lowest BCUT2D eigenvalue weighted by Crippen LogP contribution is -2.12. The van der Waals surface area contributed by atoms with Gasteiger partial charge in [-0.15, -0.1) is 0 Å². The van der Waals surface area contributed by atoms with Crippen molar-refractivity contribution in [2.24, 2.45) is 0 Å². The van der Waals surface area contributed by atoms with Crippen LogP contribution >= 0.6 is 0 Å². The second kappa shape index (κ2) is 6.36. The number of nitrogens with zero attached hydrogens (tertiary/aromatic N) is 2. The molecular weight excluding hydrogens is 342 g/mol. The molecule has 0 radical (unpaired) electrons. The van der Waals surface area contributed by atoms with Gasteiger partial charge < -0.3 is 10.2 Å². The second-order valence-electron chi connectivity index (χ2n) is 4.80. The number of aliphatic hydroxyl groups excluding tert-OH is 2. The Hall–Kier alpha value is -2.20. The number of hydrogen-bond donors (Lipinski definition) is 2. The van der Waals surface area contributed by atoms with Crippen molar-refractivity contribution in [3.05, 3.63) is 47.3 Å². The van der Waals surface area contributed by atoms with Gasteiger partial charge in [0.1, 0.15) is 6.10 Å². The molecule has 1 unspecified atom stereocenters. The summed E-state index contributed by atoms with van der Waals surface area (Å²) >= 11 is 0. The standard InChI is InChI=1S/C14H10F6N2O2/c15-13(16,17)8-3-7(4-9(5-8)14(18,19)20)12-21-2-1-10(22-12)11(24)6-23/h1-5,11,23-24H,6H2. The van der Waals surface area contributed by atoms with E-state index in [1.54, 1.807) is 0 Å². The van der Waals surface area contributed by atoms with Gasteiger partial charge in [0.2, 0.25) is 0 Å². The Kier molecular flexibility index (Phi) is 4.81. The second-order valence-corrected chi connectivity index (χ2v) is 4.80. The summed E-state index contributed by atoms with van der Waals surface area (Å²) in [6.07, 6.45) is -10.3. The van der Waals surface area contributed by atoms with Crippen LogP contribution < -0.4 is 0 Å². The molecule has 2 N–H and O–H groups in total. The maximum Gasteiger partial charge on any atom is 0.416 e. The Morgan fingerprint density at radius 2 is 1.50 bits per heavy atom. The largest absolute Gasteiger partial charge is 0.416 e. The first-order chi connectivity index (χ1) is 11.0. The first-order valence-electron chi connectivity index (χ1n) is 6.44. The third kappa shape index (κ3) is 4.01. The fourth-order valence-electron chi connectivity index (χ4n) is 1.87. The molecule has 1 aromatic heterocycles. The van der Waals surface area contributed by atoms with Gasteiger partial charge in [0.15, 0.2) is 5.82 Å². The Labute approximate surface area is 131 Å². The van der Waals surface area contributed by atoms with Crippen LogP contribution in [0.2, 0.25) is 0 Å². The summed E-state index contributed by atoms with van der Waals surface area (Å²) in [7, 11) is 0.